The van der Waals surface area contributed by atoms with E-state index >= 15 is 0 Å². The van der Waals surface area contributed by atoms with Gasteiger partial charge in [-0.05, 0) is 24.3 Å². The third kappa shape index (κ3) is 5.67. The Morgan fingerprint density at radius 3 is 2.40 bits per heavy atom. The number of benzene rings is 3. The van der Waals surface area contributed by atoms with Gasteiger partial charge in [0.15, 0.2) is 5.78 Å². The number of methoxy groups -OCH3 is 2. The number of hydrogen-bond acceptors (Lipinski definition) is 6. The fraction of sp³-hybridized carbons (Fsp3) is 0.250. The van der Waals surface area contributed by atoms with E-state index in [1.807, 2.05) is 0 Å². The second kappa shape index (κ2) is 11.4. The number of ether oxygens (including phenoxy) is 3. The fourth-order valence-corrected chi connectivity index (χ4v) is 4.42. The van der Waals surface area contributed by atoms with Crippen LogP contribution in [0.3, 0.4) is 0 Å². The van der Waals surface area contributed by atoms with E-state index in [-0.39, 0.29) is 41.0 Å². The first kappa shape index (κ1) is 28.7. The molecule has 4 aromatic rings. The Morgan fingerprint density at radius 1 is 1.02 bits per heavy atom. The first-order valence-electron chi connectivity index (χ1n) is 11.9. The van der Waals surface area contributed by atoms with E-state index in [4.69, 9.17) is 19.3 Å². The third-order valence-electron chi connectivity index (χ3n) is 6.33. The van der Waals surface area contributed by atoms with Crippen molar-refractivity contribution in [3.63, 3.8) is 0 Å². The van der Waals surface area contributed by atoms with Crippen molar-refractivity contribution in [2.24, 2.45) is 0 Å². The molecule has 0 saturated carbocycles. The van der Waals surface area contributed by atoms with Crippen LogP contribution >= 0.6 is 0 Å². The van der Waals surface area contributed by atoms with Crippen LogP contribution in [-0.4, -0.2) is 50.4 Å². The summed E-state index contributed by atoms with van der Waals surface area (Å²) < 4.78 is 85.0. The fourth-order valence-electron chi connectivity index (χ4n) is 4.42. The minimum atomic E-state index is -4.99. The Labute approximate surface area is 225 Å². The standard InChI is InChI=1S/C28H25F5N2O5/c1-35(16-9-17(38-2)11-18(10-16)40-7-6-36)26(19-5-4-15(29)8-25(19)39-3)27(37)21-14-34-24-13-23(30)22(12-20(21)24)28(31,32)33/h4-5,8-14,26,34,36H,6-7H2,1-3H3. The monoisotopic (exact) mass is 564 g/mol. The van der Waals surface area contributed by atoms with Gasteiger partial charge in [-0.15, -0.1) is 0 Å². The van der Waals surface area contributed by atoms with Crippen LogP contribution in [0.4, 0.5) is 27.6 Å². The normalized spacial score (nSPS) is 12.3. The van der Waals surface area contributed by atoms with Crippen molar-refractivity contribution >= 4 is 22.4 Å². The summed E-state index contributed by atoms with van der Waals surface area (Å²) in [6.07, 6.45) is -3.79. The highest BCUT2D eigenvalue weighted by Crippen LogP contribution is 2.40. The van der Waals surface area contributed by atoms with Gasteiger partial charge in [0, 0.05) is 65.2 Å². The maximum absolute atomic E-state index is 14.2. The van der Waals surface area contributed by atoms with Crippen LogP contribution in [0.5, 0.6) is 17.2 Å². The topological polar surface area (TPSA) is 84.0 Å². The summed E-state index contributed by atoms with van der Waals surface area (Å²) in [5.74, 6) is -2.11. The molecule has 12 heteroatoms. The number of aromatic amines is 1. The zero-order valence-corrected chi connectivity index (χ0v) is 21.6. The Bertz CT molecular complexity index is 1540. The number of Topliss-reactive ketones (excluding diaryl/α,β-unsaturated/α-hetero) is 1. The lowest BCUT2D eigenvalue weighted by Gasteiger charge is -2.31. The maximum Gasteiger partial charge on any atom is 0.419 e. The molecule has 212 valence electrons. The number of aliphatic hydroxyl groups excluding tert-OH is 1. The molecule has 0 aliphatic heterocycles. The summed E-state index contributed by atoms with van der Waals surface area (Å²) >= 11 is 0. The lowest BCUT2D eigenvalue weighted by molar-refractivity contribution is -0.139. The molecule has 0 aliphatic rings. The van der Waals surface area contributed by atoms with Gasteiger partial charge in [0.2, 0.25) is 0 Å². The number of alkyl halides is 3. The molecule has 3 aromatic carbocycles. The van der Waals surface area contributed by atoms with Crippen molar-refractivity contribution < 1.29 is 46.1 Å². The molecule has 1 heterocycles. The van der Waals surface area contributed by atoms with Crippen molar-refractivity contribution in [1.29, 1.82) is 0 Å². The van der Waals surface area contributed by atoms with Gasteiger partial charge in [-0.2, -0.15) is 13.2 Å². The zero-order chi connectivity index (χ0) is 29.2. The Balaban J connectivity index is 1.91. The molecule has 0 amide bonds. The number of aliphatic hydroxyl groups is 1. The number of rotatable bonds is 10. The Morgan fingerprint density at radius 2 is 1.75 bits per heavy atom. The maximum atomic E-state index is 14.2. The van der Waals surface area contributed by atoms with E-state index in [0.29, 0.717) is 29.3 Å². The molecular weight excluding hydrogens is 539 g/mol. The van der Waals surface area contributed by atoms with Gasteiger partial charge in [0.25, 0.3) is 0 Å². The number of carbonyl (C=O) groups is 1. The summed E-state index contributed by atoms with van der Waals surface area (Å²) in [5, 5.41) is 9.01. The van der Waals surface area contributed by atoms with Crippen molar-refractivity contribution in [3.05, 3.63) is 83.1 Å². The summed E-state index contributed by atoms with van der Waals surface area (Å²) in [7, 11) is 4.26. The van der Waals surface area contributed by atoms with Gasteiger partial charge in [-0.3, -0.25) is 4.79 Å². The second-order valence-corrected chi connectivity index (χ2v) is 8.78. The SMILES string of the molecule is COc1cc(OCCO)cc(N(C)C(C(=O)c2c[nH]c3cc(F)c(C(F)(F)F)cc23)c2ccc(F)cc2OC)c1. The van der Waals surface area contributed by atoms with E-state index in [1.54, 1.807) is 25.2 Å². The van der Waals surface area contributed by atoms with Gasteiger partial charge >= 0.3 is 6.18 Å². The number of carbonyl (C=O) groups excluding carboxylic acids is 1. The summed E-state index contributed by atoms with van der Waals surface area (Å²) in [4.78, 5) is 18.3. The van der Waals surface area contributed by atoms with Crippen molar-refractivity contribution in [2.75, 3.05) is 39.4 Å². The number of fused-ring (bicyclic) bond motifs is 1. The van der Waals surface area contributed by atoms with Gasteiger partial charge in [0.1, 0.15) is 41.5 Å². The largest absolute Gasteiger partial charge is 0.497 e. The molecule has 1 unspecified atom stereocenters. The quantitative estimate of drug-likeness (QED) is 0.184. The predicted octanol–water partition coefficient (Wildman–Crippen LogP) is 5.91. The average Bonchev–Trinajstić information content (AvgIpc) is 3.33. The number of aromatic nitrogens is 1. The zero-order valence-electron chi connectivity index (χ0n) is 21.6. The highest BCUT2D eigenvalue weighted by Gasteiger charge is 2.36. The highest BCUT2D eigenvalue weighted by molar-refractivity contribution is 6.12. The minimum absolute atomic E-state index is 0.0117. The first-order valence-corrected chi connectivity index (χ1v) is 11.9. The van der Waals surface area contributed by atoms with Gasteiger partial charge in [0.05, 0.1) is 26.4 Å². The molecule has 0 saturated heterocycles. The van der Waals surface area contributed by atoms with Crippen molar-refractivity contribution in [2.45, 2.75) is 12.2 Å². The highest BCUT2D eigenvalue weighted by atomic mass is 19.4. The number of anilines is 1. The van der Waals surface area contributed by atoms with Crippen molar-refractivity contribution in [1.82, 2.24) is 4.98 Å². The van der Waals surface area contributed by atoms with E-state index in [0.717, 1.165) is 12.1 Å². The molecule has 2 N–H and O–H groups in total. The molecular formula is C28H25F5N2O5. The summed E-state index contributed by atoms with van der Waals surface area (Å²) in [6, 6.07) is 8.28. The number of nitrogens with zero attached hydrogens (tertiary/aromatic N) is 1. The molecule has 7 nitrogen and oxygen atoms in total. The van der Waals surface area contributed by atoms with E-state index in [9.17, 15) is 26.7 Å². The number of H-pyrrole nitrogens is 1. The number of likely N-dealkylation sites (N-methyl/N-ethyl adjacent to an activating group) is 1. The van der Waals surface area contributed by atoms with Crippen LogP contribution in [0.15, 0.2) is 54.7 Å². The lowest BCUT2D eigenvalue weighted by Crippen LogP contribution is -2.31. The molecule has 4 rings (SSSR count). The molecule has 40 heavy (non-hydrogen) atoms. The number of halogens is 5. The molecule has 0 radical (unpaired) electrons. The van der Waals surface area contributed by atoms with E-state index < -0.39 is 35.2 Å². The van der Waals surface area contributed by atoms with E-state index in [1.165, 1.54) is 31.4 Å². The molecule has 1 atom stereocenters. The van der Waals surface area contributed by atoms with Crippen LogP contribution in [0.1, 0.15) is 27.5 Å². The predicted molar refractivity (Wildman–Crippen MR) is 137 cm³/mol. The first-order chi connectivity index (χ1) is 19.0. The van der Waals surface area contributed by atoms with E-state index in [2.05, 4.69) is 4.98 Å². The number of ketones is 1. The average molecular weight is 565 g/mol. The second-order valence-electron chi connectivity index (χ2n) is 8.78. The molecule has 0 bridgehead atoms. The molecule has 0 spiro atoms. The number of nitrogens with one attached hydrogen (secondary N) is 1. The Hall–Kier alpha value is -4.32. The molecule has 0 aliphatic carbocycles. The van der Waals surface area contributed by atoms with Gasteiger partial charge in [-0.1, -0.05) is 0 Å². The summed E-state index contributed by atoms with van der Waals surface area (Å²) in [5.41, 5.74) is -1.08. The Kier molecular flexibility index (Phi) is 8.19. The van der Waals surface area contributed by atoms with Gasteiger partial charge in [-0.25, -0.2) is 8.78 Å². The number of hydrogen-bond donors (Lipinski definition) is 2. The summed E-state index contributed by atoms with van der Waals surface area (Å²) in [6.45, 7) is -0.269. The van der Waals surface area contributed by atoms with Crippen LogP contribution < -0.4 is 19.1 Å². The third-order valence-corrected chi connectivity index (χ3v) is 6.33. The van der Waals surface area contributed by atoms with Crippen LogP contribution in [-0.2, 0) is 6.18 Å². The lowest BCUT2D eigenvalue weighted by atomic mass is 9.94. The van der Waals surface area contributed by atoms with Crippen LogP contribution in [0, 0.1) is 11.6 Å². The molecule has 0 fully saturated rings. The van der Waals surface area contributed by atoms with Crippen LogP contribution in [0.25, 0.3) is 10.9 Å². The van der Waals surface area contributed by atoms with Crippen LogP contribution in [0.2, 0.25) is 0 Å². The van der Waals surface area contributed by atoms with Crippen molar-refractivity contribution in [3.8, 4) is 17.2 Å². The smallest absolute Gasteiger partial charge is 0.419 e. The molecule has 1 aromatic heterocycles. The minimum Gasteiger partial charge on any atom is -0.497 e. The van der Waals surface area contributed by atoms with Gasteiger partial charge < -0.3 is 29.2 Å².